The van der Waals surface area contributed by atoms with Crippen molar-refractivity contribution in [3.63, 3.8) is 0 Å². The Kier molecular flexibility index (Phi) is 10.2. The molecule has 0 spiro atoms. The van der Waals surface area contributed by atoms with Crippen molar-refractivity contribution in [2.75, 3.05) is 13.1 Å². The van der Waals surface area contributed by atoms with Gasteiger partial charge in [-0.3, -0.25) is 28.8 Å². The van der Waals surface area contributed by atoms with Gasteiger partial charge in [-0.15, -0.1) is 0 Å². The molecule has 11 heteroatoms. The Morgan fingerprint density at radius 2 is 1.76 bits per heavy atom. The van der Waals surface area contributed by atoms with Crippen LogP contribution in [0.4, 0.5) is 4.79 Å². The molecule has 3 fully saturated rings. The van der Waals surface area contributed by atoms with Gasteiger partial charge in [0.15, 0.2) is 0 Å². The summed E-state index contributed by atoms with van der Waals surface area (Å²) >= 11 is 0. The summed E-state index contributed by atoms with van der Waals surface area (Å²) in [5.74, 6) is 6.33. The first kappa shape index (κ1) is 33.3. The number of benzene rings is 1. The largest absolute Gasteiger partial charge is 0.444 e. The van der Waals surface area contributed by atoms with Gasteiger partial charge in [0, 0.05) is 33.0 Å². The topological polar surface area (TPSA) is 132 Å². The average Bonchev–Trinajstić information content (AvgIpc) is 3.27. The third-order valence-corrected chi connectivity index (χ3v) is 9.51. The Bertz CT molecular complexity index is 1590. The van der Waals surface area contributed by atoms with Crippen LogP contribution < -0.4 is 16.3 Å². The number of fused-ring (bicyclic) bond motifs is 1. The lowest BCUT2D eigenvalue weighted by Crippen LogP contribution is -2.54. The Labute approximate surface area is 270 Å². The minimum absolute atomic E-state index is 0.000970. The summed E-state index contributed by atoms with van der Waals surface area (Å²) in [6.07, 6.45) is 8.48. The van der Waals surface area contributed by atoms with Gasteiger partial charge < -0.3 is 15.0 Å². The number of aromatic nitrogens is 2. The lowest BCUT2D eigenvalue weighted by Gasteiger charge is -2.37. The normalized spacial score (nSPS) is 20.5. The molecule has 1 unspecified atom stereocenters. The van der Waals surface area contributed by atoms with E-state index < -0.39 is 29.7 Å². The van der Waals surface area contributed by atoms with Crippen LogP contribution in [0, 0.1) is 23.7 Å². The number of imidazole rings is 1. The van der Waals surface area contributed by atoms with Gasteiger partial charge in [-0.05, 0) is 83.3 Å². The molecule has 0 bridgehead atoms. The van der Waals surface area contributed by atoms with Crippen molar-refractivity contribution in [1.29, 1.82) is 0 Å². The predicted octanol–water partition coefficient (Wildman–Crippen LogP) is 4.16. The Morgan fingerprint density at radius 1 is 1.04 bits per heavy atom. The molecule has 2 N–H and O–H groups in total. The molecule has 2 aliphatic heterocycles. The molecule has 4 amide bonds. The maximum atomic E-state index is 13.7. The number of carbonyl (C=O) groups is 4. The Morgan fingerprint density at radius 3 is 2.43 bits per heavy atom. The Hall–Kier alpha value is -4.07. The number of nitrogens with one attached hydrogen (secondary N) is 2. The van der Waals surface area contributed by atoms with Crippen LogP contribution in [0.3, 0.4) is 0 Å². The second kappa shape index (κ2) is 14.1. The van der Waals surface area contributed by atoms with Crippen molar-refractivity contribution in [1.82, 2.24) is 24.7 Å². The first-order valence-corrected chi connectivity index (χ1v) is 16.7. The van der Waals surface area contributed by atoms with E-state index in [1.165, 1.54) is 15.6 Å². The number of hydrogen-bond acceptors (Lipinski definition) is 6. The fraction of sp³-hybridized carbons (Fsp3) is 0.629. The third-order valence-electron chi connectivity index (χ3n) is 9.51. The van der Waals surface area contributed by atoms with E-state index in [1.54, 1.807) is 7.05 Å². The predicted molar refractivity (Wildman–Crippen MR) is 174 cm³/mol. The van der Waals surface area contributed by atoms with Gasteiger partial charge in [-0.1, -0.05) is 37.2 Å². The quantitative estimate of drug-likeness (QED) is 0.363. The number of aryl methyl sites for hydroxylation is 1. The van der Waals surface area contributed by atoms with E-state index in [0.717, 1.165) is 50.5 Å². The van der Waals surface area contributed by atoms with Gasteiger partial charge >= 0.3 is 11.8 Å². The highest BCUT2D eigenvalue weighted by Gasteiger charge is 2.36. The number of piperidine rings is 2. The summed E-state index contributed by atoms with van der Waals surface area (Å²) < 4.78 is 8.49. The fourth-order valence-electron chi connectivity index (χ4n) is 7.13. The van der Waals surface area contributed by atoms with Crippen LogP contribution in [0.15, 0.2) is 23.0 Å². The van der Waals surface area contributed by atoms with Crippen molar-refractivity contribution >= 4 is 34.8 Å². The molecule has 1 aliphatic carbocycles. The summed E-state index contributed by atoms with van der Waals surface area (Å²) in [7, 11) is 1.68. The monoisotopic (exact) mass is 633 g/mol. The van der Waals surface area contributed by atoms with Gasteiger partial charge in [-0.2, -0.15) is 0 Å². The molecular weight excluding hydrogens is 586 g/mol. The molecular formula is C35H47N5O6. The number of imide groups is 1. The molecule has 1 saturated carbocycles. The second-order valence-corrected chi connectivity index (χ2v) is 14.0. The number of rotatable bonds is 6. The average molecular weight is 634 g/mol. The van der Waals surface area contributed by atoms with Crippen LogP contribution in [0.1, 0.15) is 103 Å². The smallest absolute Gasteiger partial charge is 0.408 e. The molecule has 2 atom stereocenters. The minimum atomic E-state index is -0.735. The number of ether oxygens (including phenoxy) is 1. The number of nitrogens with zero attached hydrogens (tertiary/aromatic N) is 3. The lowest BCUT2D eigenvalue weighted by molar-refractivity contribution is -0.137. The van der Waals surface area contributed by atoms with Gasteiger partial charge in [0.2, 0.25) is 17.7 Å². The van der Waals surface area contributed by atoms with E-state index in [-0.39, 0.29) is 36.3 Å². The van der Waals surface area contributed by atoms with Crippen LogP contribution in [-0.4, -0.2) is 62.6 Å². The van der Waals surface area contributed by atoms with Crippen LogP contribution in [0.25, 0.3) is 11.0 Å². The molecule has 11 nitrogen and oxygen atoms in total. The van der Waals surface area contributed by atoms with Crippen molar-refractivity contribution in [3.05, 3.63) is 34.2 Å². The first-order valence-electron chi connectivity index (χ1n) is 16.7. The molecule has 5 rings (SSSR count). The van der Waals surface area contributed by atoms with Gasteiger partial charge in [0.05, 0.1) is 16.6 Å². The summed E-state index contributed by atoms with van der Waals surface area (Å²) in [6, 6.07) is 4.23. The molecule has 2 saturated heterocycles. The molecule has 2 aromatic rings. The van der Waals surface area contributed by atoms with Crippen molar-refractivity contribution in [3.8, 4) is 11.8 Å². The van der Waals surface area contributed by atoms with Crippen molar-refractivity contribution in [2.45, 2.75) is 109 Å². The van der Waals surface area contributed by atoms with Crippen LogP contribution in [-0.2, 0) is 26.2 Å². The highest BCUT2D eigenvalue weighted by Crippen LogP contribution is 2.30. The van der Waals surface area contributed by atoms with Crippen LogP contribution in [0.5, 0.6) is 0 Å². The molecule has 248 valence electrons. The summed E-state index contributed by atoms with van der Waals surface area (Å²) in [6.45, 7) is 6.78. The van der Waals surface area contributed by atoms with E-state index in [4.69, 9.17) is 4.74 Å². The first-order chi connectivity index (χ1) is 21.9. The molecule has 1 aromatic carbocycles. The SMILES string of the molecule is Cn1c(=O)n(C2CCC(=O)NC2=O)c2cccc(C#CCCC3CCN(C(=O)[C@@H](NC(=O)OC(C)(C)C)C4CCCCC4)CC3)c21. The maximum Gasteiger partial charge on any atom is 0.408 e. The zero-order valence-corrected chi connectivity index (χ0v) is 27.5. The summed E-state index contributed by atoms with van der Waals surface area (Å²) in [5.41, 5.74) is 1.07. The maximum absolute atomic E-state index is 13.7. The minimum Gasteiger partial charge on any atom is -0.444 e. The molecule has 3 aliphatic rings. The van der Waals surface area contributed by atoms with E-state index in [1.807, 2.05) is 43.9 Å². The van der Waals surface area contributed by atoms with E-state index in [9.17, 15) is 24.0 Å². The fourth-order valence-corrected chi connectivity index (χ4v) is 7.13. The zero-order valence-electron chi connectivity index (χ0n) is 27.5. The summed E-state index contributed by atoms with van der Waals surface area (Å²) in [5, 5.41) is 5.27. The third kappa shape index (κ3) is 7.65. The Balaban J connectivity index is 1.19. The van der Waals surface area contributed by atoms with E-state index in [0.29, 0.717) is 36.5 Å². The van der Waals surface area contributed by atoms with Crippen LogP contribution >= 0.6 is 0 Å². The molecule has 1 aromatic heterocycles. The lowest BCUT2D eigenvalue weighted by atomic mass is 9.83. The van der Waals surface area contributed by atoms with Crippen molar-refractivity contribution < 1.29 is 23.9 Å². The number of hydrogen-bond donors (Lipinski definition) is 2. The molecule has 46 heavy (non-hydrogen) atoms. The highest BCUT2D eigenvalue weighted by atomic mass is 16.6. The van der Waals surface area contributed by atoms with Crippen molar-refractivity contribution in [2.24, 2.45) is 18.9 Å². The van der Waals surface area contributed by atoms with E-state index in [2.05, 4.69) is 22.5 Å². The van der Waals surface area contributed by atoms with Crippen LogP contribution in [0.2, 0.25) is 0 Å². The van der Waals surface area contributed by atoms with E-state index >= 15 is 0 Å². The molecule has 0 radical (unpaired) electrons. The number of alkyl carbamates (subject to hydrolysis) is 1. The van der Waals surface area contributed by atoms with Gasteiger partial charge in [0.1, 0.15) is 17.7 Å². The standard InChI is InChI=1S/C35H47N5O6/c1-35(2,3)46-33(44)37-29(24-12-6-5-7-13-24)32(43)39-21-19-23(20-22-39)11-8-9-14-25-15-10-16-26-30(25)38(4)34(45)40(26)27-17-18-28(41)36-31(27)42/h10,15-16,23-24,27,29H,5-8,11-13,17-22H2,1-4H3,(H,37,44)(H,36,41,42)/t27?,29-/m0/s1. The summed E-state index contributed by atoms with van der Waals surface area (Å²) in [4.78, 5) is 65.6. The number of amides is 4. The molecule has 3 heterocycles. The number of para-hydroxylation sites is 1. The van der Waals surface area contributed by atoms with Gasteiger partial charge in [0.25, 0.3) is 0 Å². The zero-order chi connectivity index (χ0) is 33.0. The number of likely N-dealkylation sites (tertiary alicyclic amines) is 1. The van der Waals surface area contributed by atoms with Gasteiger partial charge in [-0.25, -0.2) is 9.59 Å². The second-order valence-electron chi connectivity index (χ2n) is 14.0. The number of carbonyl (C=O) groups excluding carboxylic acids is 4. The highest BCUT2D eigenvalue weighted by molar-refractivity contribution is 6.00.